The lowest BCUT2D eigenvalue weighted by Gasteiger charge is -2.09. The van der Waals surface area contributed by atoms with Crippen LogP contribution in [0.4, 0.5) is 5.69 Å². The van der Waals surface area contributed by atoms with E-state index in [4.69, 9.17) is 27.9 Å². The number of carbonyl (C=O) groups excluding carboxylic acids is 2. The molecule has 0 aliphatic heterocycles. The maximum Gasteiger partial charge on any atom is 0.350 e. The summed E-state index contributed by atoms with van der Waals surface area (Å²) < 4.78 is 5.97. The molecule has 0 aliphatic carbocycles. The minimum absolute atomic E-state index is 0.287. The number of nitrogens with one attached hydrogen (secondary N) is 1. The first-order valence-corrected chi connectivity index (χ1v) is 8.93. The molecule has 0 spiro atoms. The smallest absolute Gasteiger partial charge is 0.350 e. The lowest BCUT2D eigenvalue weighted by molar-refractivity contribution is -0.119. The number of thiophene rings is 1. The van der Waals surface area contributed by atoms with Gasteiger partial charge in [-0.05, 0) is 30.7 Å². The number of ether oxygens (including phenoxy) is 1. The topological polar surface area (TPSA) is 55.4 Å². The third-order valence-electron chi connectivity index (χ3n) is 3.53. The molecule has 3 aromatic rings. The summed E-state index contributed by atoms with van der Waals surface area (Å²) in [6.45, 7) is 1.43. The molecular formula is C18H13Cl2NO3S. The lowest BCUT2D eigenvalue weighted by atomic mass is 10.2. The minimum atomic E-state index is -0.621. The van der Waals surface area contributed by atoms with Gasteiger partial charge in [-0.2, -0.15) is 0 Å². The molecule has 128 valence electrons. The Balaban J connectivity index is 1.66. The predicted molar refractivity (Wildman–Crippen MR) is 102 cm³/mol. The third kappa shape index (κ3) is 3.95. The van der Waals surface area contributed by atoms with Crippen molar-refractivity contribution in [3.05, 3.63) is 63.0 Å². The molecular weight excluding hydrogens is 381 g/mol. The summed E-state index contributed by atoms with van der Waals surface area (Å²) >= 11 is 13.4. The van der Waals surface area contributed by atoms with Crippen molar-refractivity contribution >= 4 is 62.2 Å². The Hall–Kier alpha value is -2.08. The summed E-state index contributed by atoms with van der Waals surface area (Å²) in [6, 6.07) is 12.6. The summed E-state index contributed by atoms with van der Waals surface area (Å²) in [5.41, 5.74) is 1.44. The van der Waals surface area contributed by atoms with E-state index in [9.17, 15) is 9.59 Å². The van der Waals surface area contributed by atoms with E-state index < -0.39 is 18.5 Å². The minimum Gasteiger partial charge on any atom is -0.451 e. The van der Waals surface area contributed by atoms with Crippen molar-refractivity contribution in [1.82, 2.24) is 0 Å². The number of hydrogen-bond donors (Lipinski definition) is 1. The number of halogens is 2. The van der Waals surface area contributed by atoms with Crippen LogP contribution in [0.5, 0.6) is 0 Å². The van der Waals surface area contributed by atoms with Gasteiger partial charge in [-0.1, -0.05) is 47.5 Å². The lowest BCUT2D eigenvalue weighted by Crippen LogP contribution is -2.21. The SMILES string of the molecule is Cc1ccc(Cl)cc1NC(=O)COC(=O)c1sc2ccccc2c1Cl. The monoisotopic (exact) mass is 393 g/mol. The zero-order valence-corrected chi connectivity index (χ0v) is 15.5. The molecule has 7 heteroatoms. The number of amides is 1. The van der Waals surface area contributed by atoms with Gasteiger partial charge in [-0.3, -0.25) is 4.79 Å². The Kier molecular flexibility index (Phi) is 5.27. The number of benzene rings is 2. The Bertz CT molecular complexity index is 968. The van der Waals surface area contributed by atoms with E-state index in [1.54, 1.807) is 18.2 Å². The molecule has 0 radical (unpaired) electrons. The molecule has 1 heterocycles. The van der Waals surface area contributed by atoms with Crippen LogP contribution in [0.2, 0.25) is 10.0 Å². The van der Waals surface area contributed by atoms with Crippen LogP contribution in [0, 0.1) is 6.92 Å². The Morgan fingerprint density at radius 2 is 1.92 bits per heavy atom. The first kappa shape index (κ1) is 17.7. The van der Waals surface area contributed by atoms with E-state index in [0.717, 1.165) is 15.6 Å². The van der Waals surface area contributed by atoms with Gasteiger partial charge >= 0.3 is 5.97 Å². The molecule has 25 heavy (non-hydrogen) atoms. The van der Waals surface area contributed by atoms with Gasteiger partial charge < -0.3 is 10.1 Å². The highest BCUT2D eigenvalue weighted by molar-refractivity contribution is 7.21. The summed E-state index contributed by atoms with van der Waals surface area (Å²) in [5, 5.41) is 4.31. The van der Waals surface area contributed by atoms with Crippen LogP contribution in [0.15, 0.2) is 42.5 Å². The van der Waals surface area contributed by atoms with Gasteiger partial charge in [-0.15, -0.1) is 11.3 Å². The van der Waals surface area contributed by atoms with Gasteiger partial charge in [0.25, 0.3) is 5.91 Å². The van der Waals surface area contributed by atoms with E-state index >= 15 is 0 Å². The Morgan fingerprint density at radius 3 is 2.68 bits per heavy atom. The number of esters is 1. The Morgan fingerprint density at radius 1 is 1.16 bits per heavy atom. The average Bonchev–Trinajstić information content (AvgIpc) is 2.93. The van der Waals surface area contributed by atoms with Gasteiger partial charge in [0.2, 0.25) is 0 Å². The molecule has 0 bridgehead atoms. The molecule has 1 aromatic heterocycles. The maximum atomic E-state index is 12.2. The van der Waals surface area contributed by atoms with Crippen LogP contribution < -0.4 is 5.32 Å². The van der Waals surface area contributed by atoms with Crippen LogP contribution in [-0.2, 0) is 9.53 Å². The van der Waals surface area contributed by atoms with Crippen molar-refractivity contribution in [2.24, 2.45) is 0 Å². The molecule has 0 saturated heterocycles. The standard InChI is InChI=1S/C18H13Cl2NO3S/c1-10-6-7-11(19)8-13(10)21-15(22)9-24-18(23)17-16(20)12-4-2-3-5-14(12)25-17/h2-8H,9H2,1H3,(H,21,22). The summed E-state index contributed by atoms with van der Waals surface area (Å²) in [6.07, 6.45) is 0. The van der Waals surface area contributed by atoms with Gasteiger partial charge in [0.1, 0.15) is 4.88 Å². The molecule has 2 aromatic carbocycles. The van der Waals surface area contributed by atoms with E-state index in [-0.39, 0.29) is 4.88 Å². The molecule has 4 nitrogen and oxygen atoms in total. The second-order valence-corrected chi connectivity index (χ2v) is 7.19. The third-order valence-corrected chi connectivity index (χ3v) is 5.42. The number of hydrogen-bond acceptors (Lipinski definition) is 4. The first-order valence-electron chi connectivity index (χ1n) is 7.36. The molecule has 0 fully saturated rings. The number of carbonyl (C=O) groups is 2. The highest BCUT2D eigenvalue weighted by atomic mass is 35.5. The second kappa shape index (κ2) is 7.44. The number of aryl methyl sites for hydroxylation is 1. The van der Waals surface area contributed by atoms with E-state index in [2.05, 4.69) is 5.32 Å². The molecule has 0 atom stereocenters. The van der Waals surface area contributed by atoms with Gasteiger partial charge in [0.05, 0.1) is 5.02 Å². The van der Waals surface area contributed by atoms with Crippen LogP contribution >= 0.6 is 34.5 Å². The van der Waals surface area contributed by atoms with Crippen molar-refractivity contribution in [2.45, 2.75) is 6.92 Å². The van der Waals surface area contributed by atoms with E-state index in [0.29, 0.717) is 15.7 Å². The van der Waals surface area contributed by atoms with E-state index in [1.807, 2.05) is 31.2 Å². The largest absolute Gasteiger partial charge is 0.451 e. The molecule has 0 unspecified atom stereocenters. The number of rotatable bonds is 4. The predicted octanol–water partition coefficient (Wildman–Crippen LogP) is 5.31. The zero-order chi connectivity index (χ0) is 18.0. The highest BCUT2D eigenvalue weighted by Gasteiger charge is 2.19. The molecule has 1 amide bonds. The van der Waals surface area contributed by atoms with Crippen LogP contribution in [0.1, 0.15) is 15.2 Å². The highest BCUT2D eigenvalue weighted by Crippen LogP contribution is 2.35. The first-order chi connectivity index (χ1) is 12.0. The van der Waals surface area contributed by atoms with Crippen molar-refractivity contribution in [3.63, 3.8) is 0 Å². The number of anilines is 1. The van der Waals surface area contributed by atoms with Gasteiger partial charge in [0.15, 0.2) is 6.61 Å². The summed E-state index contributed by atoms with van der Waals surface area (Å²) in [7, 11) is 0. The molecule has 0 aliphatic rings. The normalized spacial score (nSPS) is 10.7. The van der Waals surface area contributed by atoms with Crippen molar-refractivity contribution < 1.29 is 14.3 Å². The van der Waals surface area contributed by atoms with Crippen LogP contribution in [0.25, 0.3) is 10.1 Å². The van der Waals surface area contributed by atoms with Crippen molar-refractivity contribution in [1.29, 1.82) is 0 Å². The van der Waals surface area contributed by atoms with Gasteiger partial charge in [0, 0.05) is 20.8 Å². The fourth-order valence-corrected chi connectivity index (χ4v) is 3.83. The van der Waals surface area contributed by atoms with Crippen molar-refractivity contribution in [3.8, 4) is 0 Å². The summed E-state index contributed by atoms with van der Waals surface area (Å²) in [4.78, 5) is 24.5. The molecule has 3 rings (SSSR count). The zero-order valence-electron chi connectivity index (χ0n) is 13.1. The maximum absolute atomic E-state index is 12.2. The van der Waals surface area contributed by atoms with Crippen LogP contribution in [0.3, 0.4) is 0 Å². The summed E-state index contributed by atoms with van der Waals surface area (Å²) in [5.74, 6) is -1.07. The van der Waals surface area contributed by atoms with E-state index in [1.165, 1.54) is 11.3 Å². The fourth-order valence-electron chi connectivity index (χ4n) is 2.26. The second-order valence-electron chi connectivity index (χ2n) is 5.32. The fraction of sp³-hybridized carbons (Fsp3) is 0.111. The Labute approximate surface area is 158 Å². The number of fused-ring (bicyclic) bond motifs is 1. The van der Waals surface area contributed by atoms with Gasteiger partial charge in [-0.25, -0.2) is 4.79 Å². The molecule has 1 N–H and O–H groups in total. The molecule has 0 saturated carbocycles. The average molecular weight is 394 g/mol. The van der Waals surface area contributed by atoms with Crippen LogP contribution in [-0.4, -0.2) is 18.5 Å². The quantitative estimate of drug-likeness (QED) is 0.610. The van der Waals surface area contributed by atoms with Crippen molar-refractivity contribution in [2.75, 3.05) is 11.9 Å².